The van der Waals surface area contributed by atoms with Crippen LogP contribution in [0.3, 0.4) is 0 Å². The Kier molecular flexibility index (Phi) is 5.77. The van der Waals surface area contributed by atoms with Gasteiger partial charge in [-0.25, -0.2) is 0 Å². The molecule has 0 bridgehead atoms. The normalized spacial score (nSPS) is 19.9. The smallest absolute Gasteiger partial charge is 0.222 e. The number of hydrogen-bond donors (Lipinski definition) is 0. The van der Waals surface area contributed by atoms with Crippen LogP contribution in [0.5, 0.6) is 0 Å². The lowest BCUT2D eigenvalue weighted by atomic mass is 9.72. The molecule has 0 N–H and O–H groups in total. The van der Waals surface area contributed by atoms with E-state index in [9.17, 15) is 4.79 Å². The van der Waals surface area contributed by atoms with Crippen LogP contribution in [0.15, 0.2) is 0 Å². The minimum Gasteiger partial charge on any atom is -0.384 e. The van der Waals surface area contributed by atoms with Crippen LogP contribution in [0.1, 0.15) is 57.6 Å². The number of fused-ring (bicyclic) bond motifs is 1. The summed E-state index contributed by atoms with van der Waals surface area (Å²) < 4.78 is 7.50. The van der Waals surface area contributed by atoms with Crippen LogP contribution < -0.4 is 0 Å². The molecule has 1 aromatic rings. The topological polar surface area (TPSA) is 60.3 Å². The number of ether oxygens (including phenoxy) is 1. The van der Waals surface area contributed by atoms with E-state index in [2.05, 4.69) is 33.5 Å². The minimum absolute atomic E-state index is 0.331. The molecular weight excluding hydrogens is 316 g/mol. The van der Waals surface area contributed by atoms with Gasteiger partial charge in [-0.05, 0) is 37.0 Å². The first-order valence-corrected chi connectivity index (χ1v) is 9.71. The first kappa shape index (κ1) is 18.4. The van der Waals surface area contributed by atoms with Crippen molar-refractivity contribution in [1.82, 2.24) is 19.7 Å². The molecule has 0 aromatic carbocycles. The van der Waals surface area contributed by atoms with Gasteiger partial charge < -0.3 is 14.2 Å². The third kappa shape index (κ3) is 4.22. The highest BCUT2D eigenvalue weighted by Crippen LogP contribution is 2.41. The summed E-state index contributed by atoms with van der Waals surface area (Å²) in [4.78, 5) is 14.4. The van der Waals surface area contributed by atoms with E-state index in [4.69, 9.17) is 4.74 Å². The summed E-state index contributed by atoms with van der Waals surface area (Å²) in [6.07, 6.45) is 7.10. The Morgan fingerprint density at radius 3 is 2.56 bits per heavy atom. The molecule has 0 atom stereocenters. The number of rotatable bonds is 5. The Labute approximate surface area is 150 Å². The van der Waals surface area contributed by atoms with Crippen molar-refractivity contribution in [3.63, 3.8) is 0 Å². The van der Waals surface area contributed by atoms with Crippen molar-refractivity contribution in [3.8, 4) is 0 Å². The predicted molar refractivity (Wildman–Crippen MR) is 96.2 cm³/mol. The van der Waals surface area contributed by atoms with E-state index in [1.54, 1.807) is 7.11 Å². The van der Waals surface area contributed by atoms with Crippen LogP contribution in [0.4, 0.5) is 0 Å². The highest BCUT2D eigenvalue weighted by molar-refractivity contribution is 5.76. The number of nitrogens with zero attached hydrogens (tertiary/aromatic N) is 4. The molecular formula is C19H32N4O2. The Balaban J connectivity index is 1.59. The largest absolute Gasteiger partial charge is 0.384 e. The van der Waals surface area contributed by atoms with Crippen molar-refractivity contribution in [2.75, 3.05) is 26.8 Å². The zero-order chi connectivity index (χ0) is 17.9. The van der Waals surface area contributed by atoms with Gasteiger partial charge in [0, 0.05) is 46.0 Å². The van der Waals surface area contributed by atoms with Crippen molar-refractivity contribution in [1.29, 1.82) is 0 Å². The van der Waals surface area contributed by atoms with Gasteiger partial charge in [-0.2, -0.15) is 0 Å². The third-order valence-electron chi connectivity index (χ3n) is 5.94. The Bertz CT molecular complexity index is 588. The molecule has 0 radical (unpaired) electrons. The standard InChI is InChI=1S/C19H32N4O2/c1-15(2)14-18(24)22-10-7-19(8-11-22)6-4-16-20-21-17(5-13-25-3)23(16)12-9-19/h15H,4-14H2,1-3H3. The maximum absolute atomic E-state index is 12.3. The Hall–Kier alpha value is -1.43. The number of amides is 1. The van der Waals surface area contributed by atoms with E-state index in [0.29, 0.717) is 30.3 Å². The van der Waals surface area contributed by atoms with E-state index >= 15 is 0 Å². The highest BCUT2D eigenvalue weighted by atomic mass is 16.5. The molecule has 1 aromatic heterocycles. The number of piperidine rings is 1. The first-order valence-electron chi connectivity index (χ1n) is 9.71. The zero-order valence-electron chi connectivity index (χ0n) is 16.0. The molecule has 0 unspecified atom stereocenters. The molecule has 1 spiro atoms. The number of likely N-dealkylation sites (tertiary alicyclic amines) is 1. The molecule has 3 rings (SSSR count). The second kappa shape index (κ2) is 7.85. The fraction of sp³-hybridized carbons (Fsp3) is 0.842. The van der Waals surface area contributed by atoms with Crippen molar-refractivity contribution in [2.45, 2.75) is 65.3 Å². The Morgan fingerprint density at radius 1 is 1.16 bits per heavy atom. The van der Waals surface area contributed by atoms with Crippen LogP contribution >= 0.6 is 0 Å². The molecule has 3 heterocycles. The molecule has 140 valence electrons. The molecule has 25 heavy (non-hydrogen) atoms. The van der Waals surface area contributed by atoms with Crippen LogP contribution in [0.25, 0.3) is 0 Å². The van der Waals surface area contributed by atoms with Crippen LogP contribution in [-0.4, -0.2) is 52.4 Å². The van der Waals surface area contributed by atoms with Gasteiger partial charge in [-0.1, -0.05) is 13.8 Å². The van der Waals surface area contributed by atoms with E-state index in [-0.39, 0.29) is 0 Å². The third-order valence-corrected chi connectivity index (χ3v) is 5.94. The van der Waals surface area contributed by atoms with Gasteiger partial charge in [0.2, 0.25) is 5.91 Å². The maximum atomic E-state index is 12.3. The maximum Gasteiger partial charge on any atom is 0.222 e. The summed E-state index contributed by atoms with van der Waals surface area (Å²) in [5.74, 6) is 2.95. The molecule has 1 fully saturated rings. The van der Waals surface area contributed by atoms with Crippen LogP contribution in [-0.2, 0) is 28.9 Å². The van der Waals surface area contributed by atoms with Crippen molar-refractivity contribution in [3.05, 3.63) is 11.6 Å². The van der Waals surface area contributed by atoms with Crippen LogP contribution in [0, 0.1) is 11.3 Å². The second-order valence-electron chi connectivity index (χ2n) is 8.16. The molecule has 2 aliphatic rings. The van der Waals surface area contributed by atoms with Crippen LogP contribution in [0.2, 0.25) is 0 Å². The predicted octanol–water partition coefficient (Wildman–Crippen LogP) is 2.46. The number of carbonyl (C=O) groups excluding carboxylic acids is 1. The lowest BCUT2D eigenvalue weighted by Crippen LogP contribution is -2.43. The number of hydrogen-bond acceptors (Lipinski definition) is 4. The summed E-state index contributed by atoms with van der Waals surface area (Å²) in [6, 6.07) is 0. The molecule has 0 saturated carbocycles. The average Bonchev–Trinajstić information content (AvgIpc) is 2.90. The van der Waals surface area contributed by atoms with Crippen molar-refractivity contribution < 1.29 is 9.53 Å². The summed E-state index contributed by atoms with van der Waals surface area (Å²) in [7, 11) is 1.73. The lowest BCUT2D eigenvalue weighted by molar-refractivity contribution is -0.134. The van der Waals surface area contributed by atoms with Gasteiger partial charge in [0.1, 0.15) is 11.6 Å². The number of carbonyl (C=O) groups is 1. The Morgan fingerprint density at radius 2 is 1.88 bits per heavy atom. The van der Waals surface area contributed by atoms with E-state index < -0.39 is 0 Å². The van der Waals surface area contributed by atoms with E-state index in [0.717, 1.165) is 57.0 Å². The summed E-state index contributed by atoms with van der Waals surface area (Å²) in [5.41, 5.74) is 0.369. The van der Waals surface area contributed by atoms with Gasteiger partial charge in [-0.3, -0.25) is 4.79 Å². The van der Waals surface area contributed by atoms with Gasteiger partial charge in [0.15, 0.2) is 0 Å². The second-order valence-corrected chi connectivity index (χ2v) is 8.16. The quantitative estimate of drug-likeness (QED) is 0.820. The average molecular weight is 348 g/mol. The first-order chi connectivity index (χ1) is 12.0. The zero-order valence-corrected chi connectivity index (χ0v) is 16.0. The monoisotopic (exact) mass is 348 g/mol. The lowest BCUT2D eigenvalue weighted by Gasteiger charge is -2.41. The molecule has 6 nitrogen and oxygen atoms in total. The van der Waals surface area contributed by atoms with E-state index in [1.807, 2.05) is 0 Å². The molecule has 1 amide bonds. The SMILES string of the molecule is COCCc1nnc2n1CCC1(CC2)CCN(C(=O)CC(C)C)CC1. The highest BCUT2D eigenvalue weighted by Gasteiger charge is 2.37. The minimum atomic E-state index is 0.331. The van der Waals surface area contributed by atoms with Gasteiger partial charge in [-0.15, -0.1) is 10.2 Å². The molecule has 2 aliphatic heterocycles. The van der Waals surface area contributed by atoms with Crippen molar-refractivity contribution >= 4 is 5.91 Å². The summed E-state index contributed by atoms with van der Waals surface area (Å²) in [6.45, 7) is 7.76. The summed E-state index contributed by atoms with van der Waals surface area (Å²) >= 11 is 0. The van der Waals surface area contributed by atoms with Gasteiger partial charge in [0.25, 0.3) is 0 Å². The number of aryl methyl sites for hydroxylation is 1. The van der Waals surface area contributed by atoms with Gasteiger partial charge in [0.05, 0.1) is 6.61 Å². The van der Waals surface area contributed by atoms with Gasteiger partial charge >= 0.3 is 0 Å². The summed E-state index contributed by atoms with van der Waals surface area (Å²) in [5, 5.41) is 8.77. The number of methoxy groups -OCH3 is 1. The molecule has 1 saturated heterocycles. The fourth-order valence-electron chi connectivity index (χ4n) is 4.25. The van der Waals surface area contributed by atoms with E-state index in [1.165, 1.54) is 12.8 Å². The number of aromatic nitrogens is 3. The molecule has 0 aliphatic carbocycles. The fourth-order valence-corrected chi connectivity index (χ4v) is 4.25. The molecule has 6 heteroatoms. The van der Waals surface area contributed by atoms with Crippen molar-refractivity contribution in [2.24, 2.45) is 11.3 Å².